The SMILES string of the molecule is COC(=O)CC[C@H](NC(=O)C1CCC(=O)N1)C(=O)O. The molecule has 2 amide bonds. The molecule has 1 aliphatic rings. The summed E-state index contributed by atoms with van der Waals surface area (Å²) in [6.07, 6.45) is 0.422. The predicted molar refractivity (Wildman–Crippen MR) is 62.0 cm³/mol. The number of ether oxygens (including phenoxy) is 1. The zero-order valence-electron chi connectivity index (χ0n) is 10.5. The van der Waals surface area contributed by atoms with Crippen molar-refractivity contribution in [2.75, 3.05) is 7.11 Å². The number of amides is 2. The minimum absolute atomic E-state index is 0.0611. The number of rotatable bonds is 6. The number of carboxylic acids is 1. The van der Waals surface area contributed by atoms with E-state index in [0.29, 0.717) is 6.42 Å². The van der Waals surface area contributed by atoms with E-state index in [0.717, 1.165) is 0 Å². The molecule has 0 saturated carbocycles. The first-order valence-electron chi connectivity index (χ1n) is 5.83. The summed E-state index contributed by atoms with van der Waals surface area (Å²) < 4.78 is 4.40. The normalized spacial score (nSPS) is 19.4. The molecule has 0 radical (unpaired) electrons. The Kier molecular flexibility index (Phi) is 5.28. The van der Waals surface area contributed by atoms with Gasteiger partial charge in [-0.15, -0.1) is 0 Å². The first-order chi connectivity index (χ1) is 8.93. The molecule has 1 saturated heterocycles. The van der Waals surface area contributed by atoms with Crippen LogP contribution in [-0.2, 0) is 23.9 Å². The van der Waals surface area contributed by atoms with Crippen molar-refractivity contribution in [2.45, 2.75) is 37.8 Å². The molecule has 8 heteroatoms. The van der Waals surface area contributed by atoms with Crippen molar-refractivity contribution in [1.82, 2.24) is 10.6 Å². The van der Waals surface area contributed by atoms with Crippen molar-refractivity contribution in [3.63, 3.8) is 0 Å². The molecule has 8 nitrogen and oxygen atoms in total. The molecule has 2 atom stereocenters. The van der Waals surface area contributed by atoms with E-state index in [1.807, 2.05) is 0 Å². The Morgan fingerprint density at radius 1 is 1.53 bits per heavy atom. The highest BCUT2D eigenvalue weighted by atomic mass is 16.5. The molecule has 3 N–H and O–H groups in total. The monoisotopic (exact) mass is 272 g/mol. The van der Waals surface area contributed by atoms with E-state index in [9.17, 15) is 19.2 Å². The molecule has 1 heterocycles. The third-order valence-corrected chi connectivity index (χ3v) is 2.79. The average Bonchev–Trinajstić information content (AvgIpc) is 2.80. The number of esters is 1. The molecule has 1 aliphatic heterocycles. The first kappa shape index (κ1) is 14.9. The number of hydrogen-bond acceptors (Lipinski definition) is 5. The lowest BCUT2D eigenvalue weighted by Crippen LogP contribution is -2.48. The van der Waals surface area contributed by atoms with Gasteiger partial charge in [0.2, 0.25) is 11.8 Å². The van der Waals surface area contributed by atoms with Crippen molar-refractivity contribution in [3.05, 3.63) is 0 Å². The van der Waals surface area contributed by atoms with E-state index >= 15 is 0 Å². The van der Waals surface area contributed by atoms with Crippen molar-refractivity contribution in [3.8, 4) is 0 Å². The number of carboxylic acid groups (broad SMARTS) is 1. The van der Waals surface area contributed by atoms with Gasteiger partial charge in [0.15, 0.2) is 0 Å². The molecule has 1 unspecified atom stereocenters. The van der Waals surface area contributed by atoms with Gasteiger partial charge in [0, 0.05) is 12.8 Å². The van der Waals surface area contributed by atoms with E-state index in [4.69, 9.17) is 5.11 Å². The average molecular weight is 272 g/mol. The van der Waals surface area contributed by atoms with Crippen LogP contribution in [0.1, 0.15) is 25.7 Å². The highest BCUT2D eigenvalue weighted by molar-refractivity contribution is 5.92. The van der Waals surface area contributed by atoms with Gasteiger partial charge < -0.3 is 20.5 Å². The molecule has 19 heavy (non-hydrogen) atoms. The van der Waals surface area contributed by atoms with E-state index in [-0.39, 0.29) is 25.2 Å². The number of carbonyl (C=O) groups is 4. The second-order valence-electron chi connectivity index (χ2n) is 4.17. The van der Waals surface area contributed by atoms with E-state index in [1.165, 1.54) is 7.11 Å². The van der Waals surface area contributed by atoms with Gasteiger partial charge in [-0.05, 0) is 12.8 Å². The lowest BCUT2D eigenvalue weighted by atomic mass is 10.1. The summed E-state index contributed by atoms with van der Waals surface area (Å²) >= 11 is 0. The first-order valence-corrected chi connectivity index (χ1v) is 5.83. The third kappa shape index (κ3) is 4.57. The molecule has 0 spiro atoms. The molecule has 0 aromatic heterocycles. The molecule has 1 fully saturated rings. The number of aliphatic carboxylic acids is 1. The van der Waals surface area contributed by atoms with E-state index in [2.05, 4.69) is 15.4 Å². The maximum absolute atomic E-state index is 11.7. The molecule has 0 aromatic carbocycles. The maximum atomic E-state index is 11.7. The van der Waals surface area contributed by atoms with Crippen LogP contribution in [0.25, 0.3) is 0 Å². The van der Waals surface area contributed by atoms with Crippen molar-refractivity contribution < 1.29 is 29.0 Å². The quantitative estimate of drug-likeness (QED) is 0.521. The minimum Gasteiger partial charge on any atom is -0.480 e. The van der Waals surface area contributed by atoms with Crippen LogP contribution in [0.2, 0.25) is 0 Å². The summed E-state index contributed by atoms with van der Waals surface area (Å²) in [6, 6.07) is -1.88. The summed E-state index contributed by atoms with van der Waals surface area (Å²) in [6.45, 7) is 0. The van der Waals surface area contributed by atoms with Gasteiger partial charge >= 0.3 is 11.9 Å². The fourth-order valence-electron chi connectivity index (χ4n) is 1.70. The van der Waals surface area contributed by atoms with Gasteiger partial charge in [0.25, 0.3) is 0 Å². The van der Waals surface area contributed by atoms with Gasteiger partial charge in [-0.25, -0.2) is 4.79 Å². The van der Waals surface area contributed by atoms with Gasteiger partial charge in [-0.2, -0.15) is 0 Å². The second-order valence-corrected chi connectivity index (χ2v) is 4.17. The topological polar surface area (TPSA) is 122 Å². The number of nitrogens with one attached hydrogen (secondary N) is 2. The maximum Gasteiger partial charge on any atom is 0.326 e. The highest BCUT2D eigenvalue weighted by Crippen LogP contribution is 2.08. The van der Waals surface area contributed by atoms with Gasteiger partial charge in [0.05, 0.1) is 7.11 Å². The predicted octanol–water partition coefficient (Wildman–Crippen LogP) is -1.21. The molecule has 0 aromatic rings. The number of hydrogen-bond donors (Lipinski definition) is 3. The molecule has 0 bridgehead atoms. The highest BCUT2D eigenvalue weighted by Gasteiger charge is 2.30. The Hall–Kier alpha value is -2.12. The Labute approximate surface area is 109 Å². The van der Waals surface area contributed by atoms with Crippen molar-refractivity contribution >= 4 is 23.8 Å². The van der Waals surface area contributed by atoms with Crippen LogP contribution in [-0.4, -0.2) is 48.1 Å². The van der Waals surface area contributed by atoms with Crippen LogP contribution < -0.4 is 10.6 Å². The molecular formula is C11H16N2O6. The number of methoxy groups -OCH3 is 1. The smallest absolute Gasteiger partial charge is 0.326 e. The summed E-state index contributed by atoms with van der Waals surface area (Å²) in [5.41, 5.74) is 0. The zero-order valence-corrected chi connectivity index (χ0v) is 10.5. The standard InChI is InChI=1S/C11H16N2O6/c1-19-9(15)5-3-7(11(17)18)13-10(16)6-2-4-8(14)12-6/h6-7H,2-5H2,1H3,(H,12,14)(H,13,16)(H,17,18)/t6?,7-/m0/s1. The van der Waals surface area contributed by atoms with Crippen LogP contribution in [0.15, 0.2) is 0 Å². The lowest BCUT2D eigenvalue weighted by molar-refractivity contribution is -0.144. The fraction of sp³-hybridized carbons (Fsp3) is 0.636. The van der Waals surface area contributed by atoms with Crippen LogP contribution >= 0.6 is 0 Å². The van der Waals surface area contributed by atoms with Crippen LogP contribution in [0, 0.1) is 0 Å². The lowest BCUT2D eigenvalue weighted by Gasteiger charge is -2.16. The Balaban J connectivity index is 2.48. The van der Waals surface area contributed by atoms with Crippen LogP contribution in [0.3, 0.4) is 0 Å². The molecule has 0 aliphatic carbocycles. The third-order valence-electron chi connectivity index (χ3n) is 2.79. The van der Waals surface area contributed by atoms with Gasteiger partial charge in [0.1, 0.15) is 12.1 Å². The van der Waals surface area contributed by atoms with E-state index < -0.39 is 29.9 Å². The zero-order chi connectivity index (χ0) is 14.4. The summed E-state index contributed by atoms with van der Waals surface area (Å²) in [4.78, 5) is 44.6. The Bertz CT molecular complexity index is 395. The fourth-order valence-corrected chi connectivity index (χ4v) is 1.70. The molecule has 106 valence electrons. The van der Waals surface area contributed by atoms with Crippen LogP contribution in [0.5, 0.6) is 0 Å². The minimum atomic E-state index is -1.23. The van der Waals surface area contributed by atoms with Crippen molar-refractivity contribution in [1.29, 1.82) is 0 Å². The number of carbonyl (C=O) groups excluding carboxylic acids is 3. The summed E-state index contributed by atoms with van der Waals surface area (Å²) in [7, 11) is 1.20. The molecular weight excluding hydrogens is 256 g/mol. The van der Waals surface area contributed by atoms with Gasteiger partial charge in [-0.3, -0.25) is 14.4 Å². The molecule has 1 rings (SSSR count). The Morgan fingerprint density at radius 2 is 2.21 bits per heavy atom. The van der Waals surface area contributed by atoms with Crippen LogP contribution in [0.4, 0.5) is 0 Å². The Morgan fingerprint density at radius 3 is 2.68 bits per heavy atom. The largest absolute Gasteiger partial charge is 0.480 e. The summed E-state index contributed by atoms with van der Waals surface area (Å²) in [5, 5.41) is 13.7. The van der Waals surface area contributed by atoms with Crippen molar-refractivity contribution in [2.24, 2.45) is 0 Å². The van der Waals surface area contributed by atoms with Gasteiger partial charge in [-0.1, -0.05) is 0 Å². The summed E-state index contributed by atoms with van der Waals surface area (Å²) in [5.74, 6) is -2.57. The van der Waals surface area contributed by atoms with E-state index in [1.54, 1.807) is 0 Å². The second kappa shape index (κ2) is 6.72.